The molecule has 0 spiro atoms. The molecule has 0 amide bonds. The zero-order valence-corrected chi connectivity index (χ0v) is 10.1. The third-order valence-electron chi connectivity index (χ3n) is 2.31. The molecule has 2 unspecified atom stereocenters. The van der Waals surface area contributed by atoms with Crippen LogP contribution in [0.4, 0.5) is 0 Å². The molecule has 0 aliphatic heterocycles. The zero-order valence-electron chi connectivity index (χ0n) is 9.29. The van der Waals surface area contributed by atoms with Gasteiger partial charge in [0.2, 0.25) is 0 Å². The largest absolute Gasteiger partial charge is 0.395 e. The van der Waals surface area contributed by atoms with E-state index in [9.17, 15) is 5.11 Å². The van der Waals surface area contributed by atoms with Gasteiger partial charge in [-0.05, 0) is 5.92 Å². The molecule has 1 rings (SSSR count). The average Bonchev–Trinajstić information content (AvgIpc) is 2.59. The summed E-state index contributed by atoms with van der Waals surface area (Å²) in [6.07, 6.45) is 1.64. The first-order valence-electron chi connectivity index (χ1n) is 4.93. The van der Waals surface area contributed by atoms with Gasteiger partial charge >= 0.3 is 0 Å². The summed E-state index contributed by atoms with van der Waals surface area (Å²) in [7, 11) is 1.87. The molecule has 0 aromatic carbocycles. The average molecular weight is 230 g/mol. The second kappa shape index (κ2) is 5.48. The van der Waals surface area contributed by atoms with Gasteiger partial charge in [0.1, 0.15) is 6.33 Å². The summed E-state index contributed by atoms with van der Waals surface area (Å²) in [5, 5.41) is 17.8. The minimum absolute atomic E-state index is 0.0344. The van der Waals surface area contributed by atoms with Crippen LogP contribution < -0.4 is 5.73 Å². The molecule has 3 N–H and O–H groups in total. The second-order valence-electron chi connectivity index (χ2n) is 3.88. The summed E-state index contributed by atoms with van der Waals surface area (Å²) >= 11 is 1.47. The number of hydrogen-bond acceptors (Lipinski definition) is 5. The third kappa shape index (κ3) is 3.19. The highest BCUT2D eigenvalue weighted by Gasteiger charge is 2.22. The van der Waals surface area contributed by atoms with E-state index in [4.69, 9.17) is 5.73 Å². The molecule has 1 heterocycles. The van der Waals surface area contributed by atoms with Gasteiger partial charge in [-0.2, -0.15) is 0 Å². The lowest BCUT2D eigenvalue weighted by Crippen LogP contribution is -2.39. The first kappa shape index (κ1) is 12.5. The first-order chi connectivity index (χ1) is 7.06. The van der Waals surface area contributed by atoms with E-state index in [0.29, 0.717) is 5.92 Å². The van der Waals surface area contributed by atoms with Crippen molar-refractivity contribution >= 4 is 11.8 Å². The Kier molecular flexibility index (Phi) is 4.56. The molecule has 1 aromatic heterocycles. The molecule has 0 bridgehead atoms. The van der Waals surface area contributed by atoms with Crippen molar-refractivity contribution in [3.63, 3.8) is 0 Å². The SMILES string of the molecule is CC(C)C(N)C(CO)Sc1nncn1C. The Hall–Kier alpha value is -0.590. The third-order valence-corrected chi connectivity index (χ3v) is 3.65. The number of nitrogens with zero attached hydrogens (tertiary/aromatic N) is 3. The number of nitrogens with two attached hydrogens (primary N) is 1. The van der Waals surface area contributed by atoms with Crippen molar-refractivity contribution in [3.8, 4) is 0 Å². The van der Waals surface area contributed by atoms with Gasteiger partial charge in [-0.15, -0.1) is 10.2 Å². The van der Waals surface area contributed by atoms with Crippen LogP contribution in [0, 0.1) is 5.92 Å². The van der Waals surface area contributed by atoms with Gasteiger partial charge in [-0.1, -0.05) is 25.6 Å². The topological polar surface area (TPSA) is 77.0 Å². The number of aliphatic hydroxyl groups is 1. The predicted molar refractivity (Wildman–Crippen MR) is 60.5 cm³/mol. The summed E-state index contributed by atoms with van der Waals surface area (Å²) in [5.74, 6) is 0.336. The van der Waals surface area contributed by atoms with Crippen molar-refractivity contribution in [1.82, 2.24) is 14.8 Å². The lowest BCUT2D eigenvalue weighted by molar-refractivity contribution is 0.269. The van der Waals surface area contributed by atoms with E-state index in [0.717, 1.165) is 5.16 Å². The highest BCUT2D eigenvalue weighted by molar-refractivity contribution is 7.99. The van der Waals surface area contributed by atoms with Crippen LogP contribution in [0.1, 0.15) is 13.8 Å². The summed E-state index contributed by atoms with van der Waals surface area (Å²) in [4.78, 5) is 0. The molecule has 0 fully saturated rings. The second-order valence-corrected chi connectivity index (χ2v) is 5.09. The van der Waals surface area contributed by atoms with Gasteiger partial charge in [0, 0.05) is 13.1 Å². The highest BCUT2D eigenvalue weighted by atomic mass is 32.2. The molecule has 0 radical (unpaired) electrons. The standard InChI is InChI=1S/C9H18N4OS/c1-6(2)8(10)7(4-14)15-9-12-11-5-13(9)3/h5-8,14H,4,10H2,1-3H3. The first-order valence-corrected chi connectivity index (χ1v) is 5.81. The Morgan fingerprint density at radius 2 is 2.27 bits per heavy atom. The summed E-state index contributed by atoms with van der Waals surface area (Å²) in [5.41, 5.74) is 6.00. The van der Waals surface area contributed by atoms with Gasteiger partial charge in [0.25, 0.3) is 0 Å². The van der Waals surface area contributed by atoms with E-state index in [2.05, 4.69) is 10.2 Å². The lowest BCUT2D eigenvalue weighted by Gasteiger charge is -2.23. The molecule has 6 heteroatoms. The van der Waals surface area contributed by atoms with E-state index in [1.54, 1.807) is 6.33 Å². The van der Waals surface area contributed by atoms with Crippen molar-refractivity contribution < 1.29 is 5.11 Å². The molecule has 0 saturated carbocycles. The van der Waals surface area contributed by atoms with Crippen LogP contribution in [0.15, 0.2) is 11.5 Å². The van der Waals surface area contributed by atoms with Crippen LogP contribution in [0.3, 0.4) is 0 Å². The maximum atomic E-state index is 9.28. The van der Waals surface area contributed by atoms with E-state index in [1.165, 1.54) is 11.8 Å². The molecule has 0 aliphatic rings. The molecule has 1 aromatic rings. The minimum Gasteiger partial charge on any atom is -0.395 e. The monoisotopic (exact) mass is 230 g/mol. The maximum Gasteiger partial charge on any atom is 0.191 e. The summed E-state index contributed by atoms with van der Waals surface area (Å²) in [6, 6.07) is -0.0447. The number of aryl methyl sites for hydroxylation is 1. The molecule has 86 valence electrons. The van der Waals surface area contributed by atoms with Crippen molar-refractivity contribution in [1.29, 1.82) is 0 Å². The number of rotatable bonds is 5. The molecular weight excluding hydrogens is 212 g/mol. The Labute approximate surface area is 94.1 Å². The zero-order chi connectivity index (χ0) is 11.4. The fourth-order valence-corrected chi connectivity index (χ4v) is 2.31. The van der Waals surface area contributed by atoms with Gasteiger partial charge in [-0.3, -0.25) is 0 Å². The molecule has 0 aliphatic carbocycles. The Balaban J connectivity index is 2.65. The normalized spacial score (nSPS) is 15.6. The summed E-state index contributed by atoms with van der Waals surface area (Å²) in [6.45, 7) is 4.14. The van der Waals surface area contributed by atoms with Crippen molar-refractivity contribution in [3.05, 3.63) is 6.33 Å². The van der Waals surface area contributed by atoms with Gasteiger partial charge in [0.15, 0.2) is 5.16 Å². The number of aromatic nitrogens is 3. The fourth-order valence-electron chi connectivity index (χ4n) is 1.18. The van der Waals surface area contributed by atoms with Crippen LogP contribution in [0.25, 0.3) is 0 Å². The fraction of sp³-hybridized carbons (Fsp3) is 0.778. The Morgan fingerprint density at radius 1 is 1.60 bits per heavy atom. The smallest absolute Gasteiger partial charge is 0.191 e. The van der Waals surface area contributed by atoms with E-state index < -0.39 is 0 Å². The lowest BCUT2D eigenvalue weighted by atomic mass is 10.0. The molecule has 5 nitrogen and oxygen atoms in total. The van der Waals surface area contributed by atoms with E-state index in [1.807, 2.05) is 25.5 Å². The number of thioether (sulfide) groups is 1. The van der Waals surface area contributed by atoms with Crippen LogP contribution in [0.2, 0.25) is 0 Å². The predicted octanol–water partition coefficient (Wildman–Crippen LogP) is 0.251. The Morgan fingerprint density at radius 3 is 2.67 bits per heavy atom. The number of hydrogen-bond donors (Lipinski definition) is 2. The van der Waals surface area contributed by atoms with Crippen LogP contribution >= 0.6 is 11.8 Å². The van der Waals surface area contributed by atoms with Crippen LogP contribution in [-0.2, 0) is 7.05 Å². The van der Waals surface area contributed by atoms with Crippen molar-refractivity contribution in [2.24, 2.45) is 18.7 Å². The molecular formula is C9H18N4OS. The highest BCUT2D eigenvalue weighted by Crippen LogP contribution is 2.24. The quantitative estimate of drug-likeness (QED) is 0.709. The van der Waals surface area contributed by atoms with Crippen LogP contribution in [0.5, 0.6) is 0 Å². The van der Waals surface area contributed by atoms with Crippen LogP contribution in [-0.4, -0.2) is 37.8 Å². The summed E-state index contributed by atoms with van der Waals surface area (Å²) < 4.78 is 1.82. The van der Waals surface area contributed by atoms with Gasteiger partial charge in [-0.25, -0.2) is 0 Å². The van der Waals surface area contributed by atoms with Crippen molar-refractivity contribution in [2.75, 3.05) is 6.61 Å². The molecule has 0 saturated heterocycles. The number of aliphatic hydroxyl groups excluding tert-OH is 1. The van der Waals surface area contributed by atoms with E-state index in [-0.39, 0.29) is 17.9 Å². The van der Waals surface area contributed by atoms with Gasteiger partial charge < -0.3 is 15.4 Å². The molecule has 15 heavy (non-hydrogen) atoms. The van der Waals surface area contributed by atoms with E-state index >= 15 is 0 Å². The Bertz CT molecular complexity index is 302. The maximum absolute atomic E-state index is 9.28. The minimum atomic E-state index is -0.0447. The van der Waals surface area contributed by atoms with Crippen molar-refractivity contribution in [2.45, 2.75) is 30.3 Å². The molecule has 2 atom stereocenters. The van der Waals surface area contributed by atoms with Gasteiger partial charge in [0.05, 0.1) is 11.9 Å².